The van der Waals surface area contributed by atoms with E-state index in [1.807, 2.05) is 20.6 Å². The number of hydrogen-bond donors (Lipinski definition) is 0. The lowest BCUT2D eigenvalue weighted by molar-refractivity contribution is -0.315. The Bertz CT molecular complexity index is 1550. The maximum atomic E-state index is 15.1. The van der Waals surface area contributed by atoms with Crippen molar-refractivity contribution in [3.8, 4) is 11.1 Å². The van der Waals surface area contributed by atoms with E-state index < -0.39 is 11.6 Å². The molecule has 201 valence electrons. The second kappa shape index (κ2) is 10.9. The summed E-state index contributed by atoms with van der Waals surface area (Å²) < 4.78 is 34.6. The number of allylic oxidation sites excluding steroid dienone is 2. The molecule has 0 aliphatic carbocycles. The van der Waals surface area contributed by atoms with Gasteiger partial charge in [-0.1, -0.05) is 37.1 Å². The lowest BCUT2D eigenvalue weighted by Crippen LogP contribution is -2.32. The molecular weight excluding hydrogens is 489 g/mol. The number of nitrogens with zero attached hydrogens (tertiary/aromatic N) is 2. The second-order valence-corrected chi connectivity index (χ2v) is 10.7. The molecule has 0 bridgehead atoms. The van der Waals surface area contributed by atoms with Crippen LogP contribution in [-0.4, -0.2) is 29.0 Å². The fourth-order valence-electron chi connectivity index (χ4n) is 6.54. The van der Waals surface area contributed by atoms with Gasteiger partial charge in [-0.15, -0.1) is 0 Å². The fourth-order valence-corrected chi connectivity index (χ4v) is 6.54. The summed E-state index contributed by atoms with van der Waals surface area (Å²) in [4.78, 5) is 8.00. The van der Waals surface area contributed by atoms with Gasteiger partial charge in [0.15, 0.2) is 11.4 Å². The molecule has 3 aromatic rings. The average Bonchev–Trinajstić information content (AvgIpc) is 3.27. The smallest absolute Gasteiger partial charge is 0.321 e. The SMILES string of the molecule is C=O.CCCCC1=C(C)C2=C(c3c(C)cc(C)cc3C)c3c(C)c(-c4c(F)cccc4F)c(C)n3[B][N+]2=C1C. The summed E-state index contributed by atoms with van der Waals surface area (Å²) in [5.74, 6) is -1.07. The Kier molecular flexibility index (Phi) is 7.97. The van der Waals surface area contributed by atoms with Crippen LogP contribution >= 0.6 is 0 Å². The van der Waals surface area contributed by atoms with Gasteiger partial charge in [0.1, 0.15) is 18.4 Å². The monoisotopic (exact) mass is 526 g/mol. The molecule has 0 atom stereocenters. The molecule has 2 aliphatic rings. The van der Waals surface area contributed by atoms with Crippen LogP contribution in [0.25, 0.3) is 16.7 Å². The highest BCUT2D eigenvalue weighted by Gasteiger charge is 2.44. The number of carbonyl (C=O) groups excluding carboxylic acids is 1. The predicted octanol–water partition coefficient (Wildman–Crippen LogP) is 7.94. The molecule has 2 aromatic carbocycles. The molecule has 1 aromatic heterocycles. The third kappa shape index (κ3) is 4.44. The van der Waals surface area contributed by atoms with Gasteiger partial charge in [0.2, 0.25) is 0 Å². The zero-order chi connectivity index (χ0) is 28.8. The molecular formula is C33H37BF2N2O+. The minimum absolute atomic E-state index is 0.0475. The van der Waals surface area contributed by atoms with Crippen molar-refractivity contribution in [1.82, 2.24) is 4.48 Å². The van der Waals surface area contributed by atoms with Crippen molar-refractivity contribution in [3.05, 3.63) is 98.0 Å². The Morgan fingerprint density at radius 2 is 1.49 bits per heavy atom. The Morgan fingerprint density at radius 3 is 2.05 bits per heavy atom. The van der Waals surface area contributed by atoms with Crippen LogP contribution in [0.3, 0.4) is 0 Å². The summed E-state index contributed by atoms with van der Waals surface area (Å²) in [6.45, 7) is 19.1. The number of benzene rings is 2. The summed E-state index contributed by atoms with van der Waals surface area (Å²) in [6.07, 6.45) is 3.33. The van der Waals surface area contributed by atoms with Gasteiger partial charge < -0.3 is 9.27 Å². The van der Waals surface area contributed by atoms with Crippen molar-refractivity contribution < 1.29 is 18.1 Å². The van der Waals surface area contributed by atoms with Gasteiger partial charge in [0.25, 0.3) is 0 Å². The Hall–Kier alpha value is -3.54. The van der Waals surface area contributed by atoms with Crippen LogP contribution in [0, 0.1) is 46.3 Å². The second-order valence-electron chi connectivity index (χ2n) is 10.7. The van der Waals surface area contributed by atoms with Gasteiger partial charge in [-0.25, -0.2) is 8.78 Å². The molecule has 3 heterocycles. The molecule has 3 nitrogen and oxygen atoms in total. The molecule has 0 amide bonds. The first-order valence-electron chi connectivity index (χ1n) is 13.5. The van der Waals surface area contributed by atoms with Gasteiger partial charge in [-0.3, -0.25) is 4.49 Å². The highest BCUT2D eigenvalue weighted by molar-refractivity contribution is 6.30. The third-order valence-corrected chi connectivity index (χ3v) is 8.17. The molecule has 0 spiro atoms. The van der Waals surface area contributed by atoms with E-state index in [1.165, 1.54) is 63.0 Å². The minimum Gasteiger partial charge on any atom is -0.321 e. The van der Waals surface area contributed by atoms with E-state index in [-0.39, 0.29) is 5.56 Å². The van der Waals surface area contributed by atoms with Gasteiger partial charge in [0, 0.05) is 29.3 Å². The van der Waals surface area contributed by atoms with Crippen molar-refractivity contribution in [2.75, 3.05) is 0 Å². The number of fused-ring (bicyclic) bond motifs is 2. The van der Waals surface area contributed by atoms with Gasteiger partial charge in [-0.2, -0.15) is 0 Å². The Labute approximate surface area is 231 Å². The third-order valence-electron chi connectivity index (χ3n) is 8.17. The van der Waals surface area contributed by atoms with E-state index in [4.69, 9.17) is 4.79 Å². The summed E-state index contributed by atoms with van der Waals surface area (Å²) in [5, 5.41) is 0. The number of aryl methyl sites for hydroxylation is 3. The van der Waals surface area contributed by atoms with E-state index in [0.717, 1.165) is 41.8 Å². The zero-order valence-corrected chi connectivity index (χ0v) is 24.4. The van der Waals surface area contributed by atoms with Gasteiger partial charge >= 0.3 is 7.55 Å². The maximum Gasteiger partial charge on any atom is 0.699 e. The topological polar surface area (TPSA) is 25.0 Å². The summed E-state index contributed by atoms with van der Waals surface area (Å²) >= 11 is 0. The Balaban J connectivity index is 0.00000172. The number of aromatic nitrogens is 1. The minimum atomic E-state index is -0.535. The molecule has 1 radical (unpaired) electrons. The molecule has 0 fully saturated rings. The molecule has 0 saturated carbocycles. The van der Waals surface area contributed by atoms with Gasteiger partial charge in [-0.05, 0) is 88.8 Å². The van der Waals surface area contributed by atoms with Crippen molar-refractivity contribution in [2.24, 2.45) is 0 Å². The van der Waals surface area contributed by atoms with Crippen molar-refractivity contribution in [3.63, 3.8) is 0 Å². The number of halogens is 2. The lowest BCUT2D eigenvalue weighted by Gasteiger charge is -2.23. The largest absolute Gasteiger partial charge is 0.699 e. The van der Waals surface area contributed by atoms with E-state index in [0.29, 0.717) is 5.56 Å². The molecule has 0 N–H and O–H groups in total. The first kappa shape index (κ1) is 28.5. The number of unbranched alkanes of at least 4 members (excludes halogenated alkanes) is 1. The molecule has 5 rings (SSSR count). The van der Waals surface area contributed by atoms with Crippen molar-refractivity contribution in [2.45, 2.75) is 74.7 Å². The number of hydrogen-bond acceptors (Lipinski definition) is 1. The van der Waals surface area contributed by atoms with Crippen molar-refractivity contribution >= 4 is 25.6 Å². The van der Waals surface area contributed by atoms with Crippen LogP contribution in [0.1, 0.15) is 79.2 Å². The van der Waals surface area contributed by atoms with Crippen molar-refractivity contribution in [1.29, 1.82) is 0 Å². The van der Waals surface area contributed by atoms with Crippen LogP contribution in [0.15, 0.2) is 47.2 Å². The molecule has 39 heavy (non-hydrogen) atoms. The molecule has 0 saturated heterocycles. The van der Waals surface area contributed by atoms with Crippen LogP contribution in [0.4, 0.5) is 8.78 Å². The standard InChI is InChI=1S/C32H35BF2N2.CH2O/c1-9-10-12-24-20(5)31-30(27-18(3)15-17(2)16-19(27)4)32-21(6)28(29-25(34)13-11-14-26(29)35)23(8)37(32)33-36(31)22(24)7;1-2/h11,13-16H,9-10,12H2,1-8H3;1H2/q+1;. The fraction of sp³-hybridized carbons (Fsp3) is 0.333. The van der Waals surface area contributed by atoms with Crippen LogP contribution in [-0.2, 0) is 4.79 Å². The first-order chi connectivity index (χ1) is 18.6. The van der Waals surface area contributed by atoms with Crippen LogP contribution < -0.4 is 0 Å². The predicted molar refractivity (Wildman–Crippen MR) is 157 cm³/mol. The number of carbonyl (C=O) groups is 1. The van der Waals surface area contributed by atoms with E-state index >= 15 is 8.78 Å². The maximum absolute atomic E-state index is 15.1. The normalized spacial score (nSPS) is 14.3. The van der Waals surface area contributed by atoms with E-state index in [9.17, 15) is 0 Å². The highest BCUT2D eigenvalue weighted by atomic mass is 19.1. The summed E-state index contributed by atoms with van der Waals surface area (Å²) in [7, 11) is 2.12. The van der Waals surface area contributed by atoms with Crippen LogP contribution in [0.2, 0.25) is 0 Å². The lowest BCUT2D eigenvalue weighted by atomic mass is 9.84. The van der Waals surface area contributed by atoms with Gasteiger partial charge in [0.05, 0.1) is 16.8 Å². The van der Waals surface area contributed by atoms with E-state index in [2.05, 4.69) is 70.2 Å². The summed E-state index contributed by atoms with van der Waals surface area (Å²) in [5.41, 5.74) is 14.5. The highest BCUT2D eigenvalue weighted by Crippen LogP contribution is 2.46. The van der Waals surface area contributed by atoms with Crippen LogP contribution in [0.5, 0.6) is 0 Å². The average molecular weight is 526 g/mol. The quantitative estimate of drug-likeness (QED) is 0.310. The Morgan fingerprint density at radius 1 is 0.897 bits per heavy atom. The summed E-state index contributed by atoms with van der Waals surface area (Å²) in [6, 6.07) is 8.57. The zero-order valence-electron chi connectivity index (χ0n) is 24.4. The molecule has 0 unspecified atom stereocenters. The van der Waals surface area contributed by atoms with E-state index in [1.54, 1.807) is 0 Å². The first-order valence-corrected chi connectivity index (χ1v) is 13.5. The number of rotatable bonds is 5. The molecule has 6 heteroatoms. The molecule has 2 aliphatic heterocycles.